The molecule has 1 aromatic carbocycles. The largest absolute Gasteiger partial charge is 0.398 e. The normalized spacial score (nSPS) is 12.2. The Bertz CT molecular complexity index is 375. The van der Waals surface area contributed by atoms with Gasteiger partial charge in [0.1, 0.15) is 0 Å². The van der Waals surface area contributed by atoms with Gasteiger partial charge < -0.3 is 16.2 Å². The first-order valence-electron chi connectivity index (χ1n) is 5.33. The average Bonchev–Trinajstić information content (AvgIpc) is 2.19. The summed E-state index contributed by atoms with van der Waals surface area (Å²) in [7, 11) is 0. The number of anilines is 2. The Balaban J connectivity index is 2.68. The molecule has 0 saturated carbocycles. The maximum absolute atomic E-state index is 11.3. The van der Waals surface area contributed by atoms with Crippen molar-refractivity contribution in [1.29, 1.82) is 0 Å². The number of aliphatic hydroxyl groups excluding tert-OH is 1. The quantitative estimate of drug-likeness (QED) is 0.523. The number of hydrogen-bond acceptors (Lipinski definition) is 4. The van der Waals surface area contributed by atoms with E-state index in [4.69, 9.17) is 10.8 Å². The van der Waals surface area contributed by atoms with Crippen molar-refractivity contribution in [3.05, 3.63) is 23.8 Å². The molecule has 4 N–H and O–H groups in total. The maximum atomic E-state index is 11.3. The molecule has 0 bridgehead atoms. The predicted molar refractivity (Wildman–Crippen MR) is 65.6 cm³/mol. The Kier molecular flexibility index (Phi) is 4.31. The Morgan fingerprint density at radius 1 is 1.56 bits per heavy atom. The number of hydrogen-bond donors (Lipinski definition) is 3. The van der Waals surface area contributed by atoms with E-state index in [-0.39, 0.29) is 11.9 Å². The van der Waals surface area contributed by atoms with Gasteiger partial charge in [-0.15, -0.1) is 0 Å². The zero-order valence-corrected chi connectivity index (χ0v) is 9.66. The number of benzene rings is 1. The predicted octanol–water partition coefficient (Wildman–Crippen LogP) is 1.65. The second kappa shape index (κ2) is 5.51. The van der Waals surface area contributed by atoms with Crippen LogP contribution >= 0.6 is 0 Å². The van der Waals surface area contributed by atoms with Crippen LogP contribution in [0.15, 0.2) is 18.2 Å². The fourth-order valence-electron chi connectivity index (χ4n) is 1.40. The number of aliphatic hydroxyl groups is 1. The molecule has 0 amide bonds. The summed E-state index contributed by atoms with van der Waals surface area (Å²) in [6.45, 7) is 3.90. The molecule has 1 unspecified atom stereocenters. The number of rotatable bonds is 5. The Labute approximate surface area is 95.5 Å². The van der Waals surface area contributed by atoms with Gasteiger partial charge in [-0.1, -0.05) is 0 Å². The van der Waals surface area contributed by atoms with E-state index < -0.39 is 0 Å². The van der Waals surface area contributed by atoms with Crippen molar-refractivity contribution in [3.8, 4) is 0 Å². The molecule has 0 spiro atoms. The average molecular weight is 222 g/mol. The van der Waals surface area contributed by atoms with Crippen LogP contribution in [0.3, 0.4) is 0 Å². The summed E-state index contributed by atoms with van der Waals surface area (Å²) in [6.07, 6.45) is 0.341. The van der Waals surface area contributed by atoms with Gasteiger partial charge in [0, 0.05) is 23.5 Å². The van der Waals surface area contributed by atoms with Gasteiger partial charge in [0.15, 0.2) is 5.78 Å². The second-order valence-electron chi connectivity index (χ2n) is 3.92. The summed E-state index contributed by atoms with van der Waals surface area (Å²) in [5.74, 6) is -0.0447. The van der Waals surface area contributed by atoms with E-state index in [0.29, 0.717) is 24.2 Å². The lowest BCUT2D eigenvalue weighted by Crippen LogP contribution is -2.10. The van der Waals surface area contributed by atoms with Gasteiger partial charge in [-0.25, -0.2) is 0 Å². The maximum Gasteiger partial charge on any atom is 0.161 e. The van der Waals surface area contributed by atoms with Crippen LogP contribution in [0.2, 0.25) is 0 Å². The third-order valence-electron chi connectivity index (χ3n) is 2.32. The van der Waals surface area contributed by atoms with E-state index in [1.54, 1.807) is 19.1 Å². The number of Topliss-reactive ketones (excluding diaryl/α,β-unsaturated/α-hetero) is 1. The third-order valence-corrected chi connectivity index (χ3v) is 2.32. The molecule has 0 fully saturated rings. The van der Waals surface area contributed by atoms with Crippen molar-refractivity contribution in [2.45, 2.75) is 26.4 Å². The fourth-order valence-corrected chi connectivity index (χ4v) is 1.40. The Morgan fingerprint density at radius 2 is 2.25 bits per heavy atom. The molecule has 0 aromatic heterocycles. The van der Waals surface area contributed by atoms with Crippen molar-refractivity contribution in [1.82, 2.24) is 0 Å². The van der Waals surface area contributed by atoms with E-state index in [2.05, 4.69) is 5.32 Å². The van der Waals surface area contributed by atoms with Gasteiger partial charge >= 0.3 is 0 Å². The van der Waals surface area contributed by atoms with Crippen LogP contribution in [0.1, 0.15) is 30.6 Å². The van der Waals surface area contributed by atoms with E-state index in [1.807, 2.05) is 6.07 Å². The standard InChI is InChI=1S/C12H18N2O2/c1-8(15)5-6-14-10-3-4-12(13)11(7-10)9(2)16/h3-4,7-8,14-15H,5-6,13H2,1-2H3. The molecule has 0 heterocycles. The van der Waals surface area contributed by atoms with Crippen molar-refractivity contribution in [2.75, 3.05) is 17.6 Å². The minimum absolute atomic E-state index is 0.0447. The smallest absolute Gasteiger partial charge is 0.161 e. The molecule has 0 aliphatic rings. The number of nitrogens with two attached hydrogens (primary N) is 1. The van der Waals surface area contributed by atoms with Crippen molar-refractivity contribution >= 4 is 17.2 Å². The molecule has 88 valence electrons. The van der Waals surface area contributed by atoms with Gasteiger partial charge in [-0.05, 0) is 38.5 Å². The molecule has 0 aliphatic heterocycles. The van der Waals surface area contributed by atoms with Crippen LogP contribution in [0, 0.1) is 0 Å². The van der Waals surface area contributed by atoms with Crippen molar-refractivity contribution < 1.29 is 9.90 Å². The highest BCUT2D eigenvalue weighted by Crippen LogP contribution is 2.18. The summed E-state index contributed by atoms with van der Waals surface area (Å²) in [5, 5.41) is 12.2. The van der Waals surface area contributed by atoms with Crippen LogP contribution in [0.25, 0.3) is 0 Å². The van der Waals surface area contributed by atoms with Crippen LogP contribution < -0.4 is 11.1 Å². The second-order valence-corrected chi connectivity index (χ2v) is 3.92. The van der Waals surface area contributed by atoms with E-state index in [9.17, 15) is 4.79 Å². The SMILES string of the molecule is CC(=O)c1cc(NCCC(C)O)ccc1N. The van der Waals surface area contributed by atoms with Gasteiger partial charge in [-0.3, -0.25) is 4.79 Å². The number of nitrogen functional groups attached to an aromatic ring is 1. The van der Waals surface area contributed by atoms with Gasteiger partial charge in [-0.2, -0.15) is 0 Å². The van der Waals surface area contributed by atoms with Gasteiger partial charge in [0.25, 0.3) is 0 Å². The van der Waals surface area contributed by atoms with E-state index in [0.717, 1.165) is 5.69 Å². The molecule has 0 saturated heterocycles. The van der Waals surface area contributed by atoms with Gasteiger partial charge in [0.2, 0.25) is 0 Å². The van der Waals surface area contributed by atoms with E-state index >= 15 is 0 Å². The summed E-state index contributed by atoms with van der Waals surface area (Å²) in [5.41, 5.74) is 7.55. The number of carbonyl (C=O) groups excluding carboxylic acids is 1. The fraction of sp³-hybridized carbons (Fsp3) is 0.417. The Morgan fingerprint density at radius 3 is 2.81 bits per heavy atom. The first kappa shape index (κ1) is 12.5. The minimum atomic E-state index is -0.325. The number of carbonyl (C=O) groups is 1. The van der Waals surface area contributed by atoms with Crippen molar-refractivity contribution in [3.63, 3.8) is 0 Å². The monoisotopic (exact) mass is 222 g/mol. The lowest BCUT2D eigenvalue weighted by Gasteiger charge is -2.10. The molecule has 0 radical (unpaired) electrons. The topological polar surface area (TPSA) is 75.3 Å². The zero-order chi connectivity index (χ0) is 12.1. The lowest BCUT2D eigenvalue weighted by atomic mass is 10.1. The van der Waals surface area contributed by atoms with Crippen LogP contribution in [0.4, 0.5) is 11.4 Å². The molecule has 4 nitrogen and oxygen atoms in total. The summed E-state index contributed by atoms with van der Waals surface area (Å²) in [6, 6.07) is 5.27. The third kappa shape index (κ3) is 3.55. The number of ketones is 1. The molecule has 1 atom stereocenters. The van der Waals surface area contributed by atoms with Crippen molar-refractivity contribution in [2.24, 2.45) is 0 Å². The van der Waals surface area contributed by atoms with E-state index in [1.165, 1.54) is 6.92 Å². The highest BCUT2D eigenvalue weighted by Gasteiger charge is 2.05. The van der Waals surface area contributed by atoms with Gasteiger partial charge in [0.05, 0.1) is 6.10 Å². The summed E-state index contributed by atoms with van der Waals surface area (Å²) in [4.78, 5) is 11.3. The molecule has 0 aliphatic carbocycles. The minimum Gasteiger partial charge on any atom is -0.398 e. The van der Waals surface area contributed by atoms with Crippen LogP contribution in [-0.4, -0.2) is 23.5 Å². The first-order valence-corrected chi connectivity index (χ1v) is 5.33. The molecule has 16 heavy (non-hydrogen) atoms. The summed E-state index contributed by atoms with van der Waals surface area (Å²) < 4.78 is 0. The lowest BCUT2D eigenvalue weighted by molar-refractivity contribution is 0.101. The molecule has 1 aromatic rings. The molecule has 1 rings (SSSR count). The molecular formula is C12H18N2O2. The Hall–Kier alpha value is -1.55. The molecule has 4 heteroatoms. The first-order chi connectivity index (χ1) is 7.50. The highest BCUT2D eigenvalue weighted by atomic mass is 16.3. The van der Waals surface area contributed by atoms with Crippen LogP contribution in [0.5, 0.6) is 0 Å². The number of nitrogens with one attached hydrogen (secondary N) is 1. The van der Waals surface area contributed by atoms with Crippen LogP contribution in [-0.2, 0) is 0 Å². The zero-order valence-electron chi connectivity index (χ0n) is 9.66. The summed E-state index contributed by atoms with van der Waals surface area (Å²) >= 11 is 0. The molecular weight excluding hydrogens is 204 g/mol. The highest BCUT2D eigenvalue weighted by molar-refractivity contribution is 5.99.